The first-order chi connectivity index (χ1) is 7.61. The smallest absolute Gasteiger partial charge is 0.308 e. The maximum atomic E-state index is 11.7. The van der Waals surface area contributed by atoms with Crippen molar-refractivity contribution in [1.29, 1.82) is 0 Å². The van der Waals surface area contributed by atoms with Crippen LogP contribution >= 0.6 is 0 Å². The Balaban J connectivity index is 2.43. The highest BCUT2D eigenvalue weighted by Crippen LogP contribution is 2.37. The third-order valence-electron chi connectivity index (χ3n) is 2.75. The molecule has 1 aromatic heterocycles. The van der Waals surface area contributed by atoms with Crippen molar-refractivity contribution in [3.8, 4) is 0 Å². The van der Waals surface area contributed by atoms with E-state index in [-0.39, 0.29) is 12.0 Å². The quantitative estimate of drug-likeness (QED) is 0.790. The molecule has 5 nitrogen and oxygen atoms in total. The molecule has 16 heavy (non-hydrogen) atoms. The Hall–Kier alpha value is -1.65. The van der Waals surface area contributed by atoms with Crippen LogP contribution in [0.2, 0.25) is 0 Å². The Morgan fingerprint density at radius 3 is 2.75 bits per heavy atom. The van der Waals surface area contributed by atoms with E-state index in [1.165, 1.54) is 0 Å². The summed E-state index contributed by atoms with van der Waals surface area (Å²) in [5, 5.41) is 8.72. The number of aromatic nitrogens is 2. The minimum absolute atomic E-state index is 0.254. The van der Waals surface area contributed by atoms with Gasteiger partial charge in [-0.15, -0.1) is 0 Å². The molecule has 1 aliphatic rings. The molecule has 0 spiro atoms. The summed E-state index contributed by atoms with van der Waals surface area (Å²) in [5.41, 5.74) is 0.614. The average Bonchev–Trinajstić information content (AvgIpc) is 3.03. The highest BCUT2D eigenvalue weighted by atomic mass is 16.4. The number of H-pyrrole nitrogens is 1. The van der Waals surface area contributed by atoms with Crippen LogP contribution in [-0.4, -0.2) is 21.0 Å². The molecule has 0 bridgehead atoms. The number of aliphatic carboxylic acids is 1. The third-order valence-corrected chi connectivity index (χ3v) is 2.75. The molecule has 0 atom stereocenters. The molecule has 0 amide bonds. The van der Waals surface area contributed by atoms with Crippen LogP contribution in [0, 0.1) is 0 Å². The van der Waals surface area contributed by atoms with E-state index in [4.69, 9.17) is 5.11 Å². The van der Waals surface area contributed by atoms with Gasteiger partial charge in [0.05, 0.1) is 12.1 Å². The van der Waals surface area contributed by atoms with Crippen LogP contribution < -0.4 is 5.56 Å². The molecule has 2 rings (SSSR count). The first kappa shape index (κ1) is 10.9. The Morgan fingerprint density at radius 2 is 2.25 bits per heavy atom. The van der Waals surface area contributed by atoms with Crippen LogP contribution in [0.15, 0.2) is 4.79 Å². The SMILES string of the molecule is CCc1nc(C2CC2)[nH]c(=O)c1CC(=O)O. The molecule has 0 aromatic carbocycles. The van der Waals surface area contributed by atoms with Gasteiger partial charge in [0.1, 0.15) is 5.82 Å². The molecular weight excluding hydrogens is 208 g/mol. The monoisotopic (exact) mass is 222 g/mol. The molecule has 1 aliphatic carbocycles. The largest absolute Gasteiger partial charge is 0.481 e. The second kappa shape index (κ2) is 4.08. The average molecular weight is 222 g/mol. The number of nitrogens with one attached hydrogen (secondary N) is 1. The molecule has 1 fully saturated rings. The van der Waals surface area contributed by atoms with Crippen molar-refractivity contribution < 1.29 is 9.90 Å². The van der Waals surface area contributed by atoms with E-state index in [1.807, 2.05) is 6.92 Å². The van der Waals surface area contributed by atoms with Crippen LogP contribution in [-0.2, 0) is 17.6 Å². The molecule has 0 saturated heterocycles. The number of rotatable bonds is 4. The van der Waals surface area contributed by atoms with Crippen molar-refractivity contribution in [3.63, 3.8) is 0 Å². The van der Waals surface area contributed by atoms with E-state index in [1.54, 1.807) is 0 Å². The van der Waals surface area contributed by atoms with Gasteiger partial charge in [-0.3, -0.25) is 9.59 Å². The number of carboxylic acids is 1. The first-order valence-electron chi connectivity index (χ1n) is 5.45. The summed E-state index contributed by atoms with van der Waals surface area (Å²) >= 11 is 0. The molecule has 5 heteroatoms. The minimum atomic E-state index is -0.999. The fourth-order valence-electron chi connectivity index (χ4n) is 1.74. The van der Waals surface area contributed by atoms with Crippen LogP contribution in [0.5, 0.6) is 0 Å². The summed E-state index contributed by atoms with van der Waals surface area (Å²) in [6, 6.07) is 0. The van der Waals surface area contributed by atoms with Crippen LogP contribution in [0.3, 0.4) is 0 Å². The maximum Gasteiger partial charge on any atom is 0.308 e. The highest BCUT2D eigenvalue weighted by Gasteiger charge is 2.27. The zero-order chi connectivity index (χ0) is 11.7. The van der Waals surface area contributed by atoms with Crippen molar-refractivity contribution in [2.24, 2.45) is 0 Å². The number of carbonyl (C=O) groups is 1. The summed E-state index contributed by atoms with van der Waals surface area (Å²) < 4.78 is 0. The Morgan fingerprint density at radius 1 is 1.56 bits per heavy atom. The zero-order valence-corrected chi connectivity index (χ0v) is 9.12. The predicted molar refractivity (Wildman–Crippen MR) is 57.6 cm³/mol. The Kier molecular flexibility index (Phi) is 2.77. The topological polar surface area (TPSA) is 83.0 Å². The molecule has 1 aromatic rings. The van der Waals surface area contributed by atoms with Crippen LogP contribution in [0.1, 0.15) is 42.8 Å². The van der Waals surface area contributed by atoms with E-state index in [0.717, 1.165) is 18.7 Å². The standard InChI is InChI=1S/C11H14N2O3/c1-2-8-7(5-9(14)15)11(16)13-10(12-8)6-3-4-6/h6H,2-5H2,1H3,(H,14,15)(H,12,13,16). The lowest BCUT2D eigenvalue weighted by atomic mass is 10.1. The van der Waals surface area contributed by atoms with E-state index < -0.39 is 5.97 Å². The molecule has 2 N–H and O–H groups in total. The first-order valence-corrected chi connectivity index (χ1v) is 5.45. The van der Waals surface area contributed by atoms with Crippen molar-refractivity contribution in [1.82, 2.24) is 9.97 Å². The summed E-state index contributed by atoms with van der Waals surface area (Å²) in [7, 11) is 0. The highest BCUT2D eigenvalue weighted by molar-refractivity contribution is 5.70. The van der Waals surface area contributed by atoms with Crippen molar-refractivity contribution in [3.05, 3.63) is 27.4 Å². The number of carboxylic acid groups (broad SMARTS) is 1. The van der Waals surface area contributed by atoms with Crippen LogP contribution in [0.25, 0.3) is 0 Å². The van der Waals surface area contributed by atoms with Gasteiger partial charge in [-0.25, -0.2) is 4.98 Å². The second-order valence-electron chi connectivity index (χ2n) is 4.07. The lowest BCUT2D eigenvalue weighted by molar-refractivity contribution is -0.136. The molecule has 0 aliphatic heterocycles. The second-order valence-corrected chi connectivity index (χ2v) is 4.07. The van der Waals surface area contributed by atoms with Gasteiger partial charge in [-0.2, -0.15) is 0 Å². The molecule has 1 saturated carbocycles. The summed E-state index contributed by atoms with van der Waals surface area (Å²) in [4.78, 5) is 29.4. The predicted octanol–water partition coefficient (Wildman–Crippen LogP) is 0.837. The number of aryl methyl sites for hydroxylation is 1. The lowest BCUT2D eigenvalue weighted by Gasteiger charge is -2.06. The number of hydrogen-bond acceptors (Lipinski definition) is 3. The van der Waals surface area contributed by atoms with Gasteiger partial charge in [0.25, 0.3) is 5.56 Å². The van der Waals surface area contributed by atoms with E-state index >= 15 is 0 Å². The fraction of sp³-hybridized carbons (Fsp3) is 0.545. The van der Waals surface area contributed by atoms with Crippen molar-refractivity contribution in [2.75, 3.05) is 0 Å². The van der Waals surface area contributed by atoms with Gasteiger partial charge in [0, 0.05) is 11.5 Å². The van der Waals surface area contributed by atoms with Gasteiger partial charge in [0.15, 0.2) is 0 Å². The van der Waals surface area contributed by atoms with Gasteiger partial charge in [0.2, 0.25) is 0 Å². The van der Waals surface area contributed by atoms with Crippen LogP contribution in [0.4, 0.5) is 0 Å². The number of aromatic amines is 1. The molecule has 0 unspecified atom stereocenters. The van der Waals surface area contributed by atoms with E-state index in [0.29, 0.717) is 23.6 Å². The minimum Gasteiger partial charge on any atom is -0.481 e. The summed E-state index contributed by atoms with van der Waals surface area (Å²) in [6.45, 7) is 1.88. The fourth-order valence-corrected chi connectivity index (χ4v) is 1.74. The Labute approximate surface area is 92.5 Å². The Bertz CT molecular complexity index is 475. The van der Waals surface area contributed by atoms with Crippen molar-refractivity contribution >= 4 is 5.97 Å². The third kappa shape index (κ3) is 2.13. The molecular formula is C11H14N2O3. The van der Waals surface area contributed by atoms with Gasteiger partial charge in [-0.1, -0.05) is 6.92 Å². The van der Waals surface area contributed by atoms with E-state index in [2.05, 4.69) is 9.97 Å². The van der Waals surface area contributed by atoms with Gasteiger partial charge < -0.3 is 10.1 Å². The summed E-state index contributed by atoms with van der Waals surface area (Å²) in [5.74, 6) is 0.0917. The van der Waals surface area contributed by atoms with Crippen molar-refractivity contribution in [2.45, 2.75) is 38.5 Å². The molecule has 1 heterocycles. The summed E-state index contributed by atoms with van der Waals surface area (Å²) in [6.07, 6.45) is 2.46. The maximum absolute atomic E-state index is 11.7. The van der Waals surface area contributed by atoms with Gasteiger partial charge >= 0.3 is 5.97 Å². The van der Waals surface area contributed by atoms with Gasteiger partial charge in [-0.05, 0) is 19.3 Å². The molecule has 86 valence electrons. The zero-order valence-electron chi connectivity index (χ0n) is 9.12. The number of nitrogens with zero attached hydrogens (tertiary/aromatic N) is 1. The molecule has 0 radical (unpaired) electrons. The number of hydrogen-bond donors (Lipinski definition) is 2. The van der Waals surface area contributed by atoms with E-state index in [9.17, 15) is 9.59 Å². The normalized spacial score (nSPS) is 15.1. The lowest BCUT2D eigenvalue weighted by Crippen LogP contribution is -2.22.